The molecular weight excluding hydrogens is 781 g/mol. The molecule has 3 heterocycles. The van der Waals surface area contributed by atoms with Gasteiger partial charge in [0.15, 0.2) is 10.3 Å². The van der Waals surface area contributed by atoms with Gasteiger partial charge in [-0.2, -0.15) is 0 Å². The lowest BCUT2D eigenvalue weighted by atomic mass is 10.1. The fourth-order valence-corrected chi connectivity index (χ4v) is 7.78. The second kappa shape index (κ2) is 16.7. The molecule has 4 N–H and O–H groups in total. The monoisotopic (exact) mass is 816 g/mol. The van der Waals surface area contributed by atoms with Crippen molar-refractivity contribution in [3.05, 3.63) is 167 Å². The number of carboxylic acid groups (broad SMARTS) is 1. The third-order valence-electron chi connectivity index (χ3n) is 9.21. The van der Waals surface area contributed by atoms with Crippen LogP contribution in [0, 0.1) is 0 Å². The predicted octanol–water partition coefficient (Wildman–Crippen LogP) is 12.1. The van der Waals surface area contributed by atoms with Crippen LogP contribution in [0.5, 0.6) is 11.5 Å². The number of fused-ring (bicyclic) bond motifs is 1. The number of carboxylic acids is 1. The van der Waals surface area contributed by atoms with Gasteiger partial charge < -0.3 is 30.3 Å². The minimum Gasteiger partial charge on any atom is -0.507 e. The number of rotatable bonds is 9. The van der Waals surface area contributed by atoms with Crippen molar-refractivity contribution in [2.75, 3.05) is 10.6 Å². The van der Waals surface area contributed by atoms with E-state index in [9.17, 15) is 14.7 Å². The number of carbonyl (C=O) groups is 2. The van der Waals surface area contributed by atoms with E-state index in [1.165, 1.54) is 40.4 Å². The van der Waals surface area contributed by atoms with Crippen LogP contribution >= 0.6 is 22.7 Å². The summed E-state index contributed by atoms with van der Waals surface area (Å²) in [5, 5.41) is 30.7. The van der Waals surface area contributed by atoms with Crippen LogP contribution in [-0.4, -0.2) is 37.9 Å². The number of aromatic nitrogens is 2. The van der Waals surface area contributed by atoms with Gasteiger partial charge in [-0.25, -0.2) is 19.6 Å². The number of thiazole rings is 2. The van der Waals surface area contributed by atoms with Crippen molar-refractivity contribution in [3.63, 3.8) is 0 Å². The molecule has 0 unspecified atom stereocenters. The van der Waals surface area contributed by atoms with Gasteiger partial charge in [0, 0.05) is 47.1 Å². The van der Waals surface area contributed by atoms with E-state index in [1.54, 1.807) is 32.0 Å². The zero-order valence-corrected chi connectivity index (χ0v) is 33.4. The van der Waals surface area contributed by atoms with Crippen LogP contribution in [-0.2, 0) is 4.74 Å². The Hall–Kier alpha value is -7.28. The number of benzene rings is 6. The van der Waals surface area contributed by atoms with Crippen molar-refractivity contribution in [1.29, 1.82) is 0 Å². The number of nitrogens with zero attached hydrogens (tertiary/aromatic N) is 2. The summed E-state index contributed by atoms with van der Waals surface area (Å²) in [6.07, 6.45) is 0. The molecule has 0 spiro atoms. The summed E-state index contributed by atoms with van der Waals surface area (Å²) in [6, 6.07) is 46.6. The highest BCUT2D eigenvalue weighted by Crippen LogP contribution is 2.36. The minimum atomic E-state index is -1.17. The van der Waals surface area contributed by atoms with Crippen molar-refractivity contribution >= 4 is 56.3 Å². The van der Waals surface area contributed by atoms with Crippen LogP contribution < -0.4 is 15.4 Å². The Morgan fingerprint density at radius 1 is 0.593 bits per heavy atom. The molecule has 0 radical (unpaired) electrons. The summed E-state index contributed by atoms with van der Waals surface area (Å²) in [5.41, 5.74) is 9.70. The van der Waals surface area contributed by atoms with E-state index in [2.05, 4.69) is 57.0 Å². The van der Waals surface area contributed by atoms with Gasteiger partial charge in [0.05, 0.1) is 11.4 Å². The second-order valence-corrected chi connectivity index (χ2v) is 15.6. The number of cyclic esters (lactones) is 1. The Balaban J connectivity index is 0.000000165. The average molecular weight is 817 g/mol. The predicted molar refractivity (Wildman–Crippen MR) is 234 cm³/mol. The fraction of sp³-hybridized carbons (Fsp3) is 0.0638. The highest BCUT2D eigenvalue weighted by Gasteiger charge is 2.34. The van der Waals surface area contributed by atoms with Crippen molar-refractivity contribution in [1.82, 2.24) is 9.97 Å². The third-order valence-corrected chi connectivity index (χ3v) is 10.7. The van der Waals surface area contributed by atoms with Gasteiger partial charge >= 0.3 is 11.9 Å². The van der Waals surface area contributed by atoms with Gasteiger partial charge in [0.2, 0.25) is 5.79 Å². The summed E-state index contributed by atoms with van der Waals surface area (Å²) >= 11 is 2.93. The number of anilines is 4. The molecule has 9 rings (SSSR count). The Labute approximate surface area is 348 Å². The lowest BCUT2D eigenvalue weighted by molar-refractivity contribution is -0.127. The Morgan fingerprint density at radius 2 is 1.05 bits per heavy atom. The fourth-order valence-electron chi connectivity index (χ4n) is 6.30. The van der Waals surface area contributed by atoms with Gasteiger partial charge in [-0.1, -0.05) is 84.9 Å². The highest BCUT2D eigenvalue weighted by molar-refractivity contribution is 7.14. The molecule has 8 aromatic rings. The maximum Gasteiger partial charge on any atom is 0.345 e. The molecule has 0 bridgehead atoms. The van der Waals surface area contributed by atoms with Crippen LogP contribution in [0.2, 0.25) is 0 Å². The van der Waals surface area contributed by atoms with E-state index >= 15 is 0 Å². The molecule has 0 amide bonds. The summed E-state index contributed by atoms with van der Waals surface area (Å²) in [4.78, 5) is 32.7. The first-order valence-corrected chi connectivity index (χ1v) is 20.2. The molecule has 12 heteroatoms. The van der Waals surface area contributed by atoms with Crippen molar-refractivity contribution in [2.24, 2.45) is 0 Å². The van der Waals surface area contributed by atoms with Gasteiger partial charge in [0.25, 0.3) is 0 Å². The van der Waals surface area contributed by atoms with Crippen LogP contribution in [0.4, 0.5) is 21.6 Å². The summed E-state index contributed by atoms with van der Waals surface area (Å²) < 4.78 is 11.1. The van der Waals surface area contributed by atoms with Gasteiger partial charge in [-0.15, -0.1) is 22.7 Å². The maximum atomic E-state index is 12.3. The number of hydrogen-bond donors (Lipinski definition) is 4. The first-order valence-electron chi connectivity index (χ1n) is 18.5. The molecule has 1 aliphatic rings. The zero-order valence-electron chi connectivity index (χ0n) is 31.7. The standard InChI is InChI=1S/C25H20N2O3S.C22H16N2O3S/c1-25(2)29-22-13-10-18(14-20(22)23(28)30-25)21-15-31-24(27-21)26-19-11-8-17(9-12-19)16-6-4-3-5-7-16;25-20-11-8-16(12-18(20)21(26)27)19-13-28-22(24-19)23-17-9-6-15(7-10-17)14-4-2-1-3-5-14/h3-15H,1-2H3,(H,26,27);1-13,25H,(H,23,24)(H,26,27). The number of esters is 1. The summed E-state index contributed by atoms with van der Waals surface area (Å²) in [6.45, 7) is 3.43. The van der Waals surface area contributed by atoms with Gasteiger partial charge in [-0.05, 0) is 82.9 Å². The van der Waals surface area contributed by atoms with Crippen molar-refractivity contribution < 1.29 is 29.3 Å². The molecule has 292 valence electrons. The Bertz CT molecular complexity index is 2750. The molecule has 0 saturated heterocycles. The molecule has 2 aromatic heterocycles. The van der Waals surface area contributed by atoms with Crippen molar-refractivity contribution in [3.8, 4) is 56.3 Å². The summed E-state index contributed by atoms with van der Waals surface area (Å²) in [7, 11) is 0. The number of hydrogen-bond acceptors (Lipinski definition) is 11. The van der Waals surface area contributed by atoms with E-state index < -0.39 is 11.8 Å². The molecule has 6 aromatic carbocycles. The number of ether oxygens (including phenoxy) is 2. The largest absolute Gasteiger partial charge is 0.507 e. The number of phenols is 1. The number of aromatic carboxylic acids is 1. The molecule has 10 nitrogen and oxygen atoms in total. The molecule has 59 heavy (non-hydrogen) atoms. The third kappa shape index (κ3) is 9.15. The Morgan fingerprint density at radius 3 is 1.56 bits per heavy atom. The van der Waals surface area contributed by atoms with Gasteiger partial charge in [0.1, 0.15) is 22.6 Å². The molecule has 0 atom stereocenters. The zero-order chi connectivity index (χ0) is 40.9. The van der Waals surface area contributed by atoms with E-state index in [0.29, 0.717) is 27.7 Å². The van der Waals surface area contributed by atoms with Gasteiger partial charge in [-0.3, -0.25) is 0 Å². The summed E-state index contributed by atoms with van der Waals surface area (Å²) in [5.74, 6) is -2.26. The SMILES string of the molecule is CC1(C)OC(=O)c2cc(-c3csc(Nc4ccc(-c5ccccc5)cc4)n3)ccc2O1.O=C(O)c1cc(-c2csc(Nc3ccc(-c4ccccc4)cc3)n2)ccc1O. The number of aromatic hydroxyl groups is 1. The number of carbonyl (C=O) groups excluding carboxylic acids is 1. The molecule has 0 aliphatic carbocycles. The molecule has 0 fully saturated rings. The van der Waals surface area contributed by atoms with E-state index in [1.807, 2.05) is 89.6 Å². The van der Waals surface area contributed by atoms with E-state index in [4.69, 9.17) is 14.6 Å². The normalized spacial score (nSPS) is 12.5. The average Bonchev–Trinajstić information content (AvgIpc) is 3.92. The Kier molecular flexibility index (Phi) is 10.9. The topological polar surface area (TPSA) is 143 Å². The molecule has 1 aliphatic heterocycles. The van der Waals surface area contributed by atoms with Crippen LogP contribution in [0.15, 0.2) is 156 Å². The maximum absolute atomic E-state index is 12.3. The van der Waals surface area contributed by atoms with E-state index in [-0.39, 0.29) is 17.3 Å². The van der Waals surface area contributed by atoms with Crippen molar-refractivity contribution in [2.45, 2.75) is 19.6 Å². The minimum absolute atomic E-state index is 0.142. The quantitative estimate of drug-likeness (QED) is 0.104. The molecular formula is C47H36N4O6S2. The second-order valence-electron chi connectivity index (χ2n) is 13.9. The lowest BCUT2D eigenvalue weighted by Crippen LogP contribution is -2.38. The first-order chi connectivity index (χ1) is 28.6. The lowest BCUT2D eigenvalue weighted by Gasteiger charge is -2.31. The van der Waals surface area contributed by atoms with E-state index in [0.717, 1.165) is 44.5 Å². The first kappa shape index (κ1) is 38.6. The van der Waals surface area contributed by atoms with Crippen LogP contribution in [0.25, 0.3) is 44.8 Å². The highest BCUT2D eigenvalue weighted by atomic mass is 32.1. The van der Waals surface area contributed by atoms with Crippen LogP contribution in [0.1, 0.15) is 34.6 Å². The molecule has 0 saturated carbocycles. The van der Waals surface area contributed by atoms with Crippen LogP contribution in [0.3, 0.4) is 0 Å². The number of nitrogens with one attached hydrogen (secondary N) is 2. The smallest absolute Gasteiger partial charge is 0.345 e.